The predicted molar refractivity (Wildman–Crippen MR) is 114 cm³/mol. The molecule has 0 spiro atoms. The molecule has 1 fully saturated rings. The average Bonchev–Trinajstić information content (AvgIpc) is 2.63. The van der Waals surface area contributed by atoms with E-state index in [2.05, 4.69) is 32.4 Å². The Morgan fingerprint density at radius 1 is 1.36 bits per heavy atom. The quantitative estimate of drug-likeness (QED) is 0.283. The van der Waals surface area contributed by atoms with Crippen LogP contribution in [0.2, 0.25) is 0 Å². The van der Waals surface area contributed by atoms with Crippen LogP contribution >= 0.6 is 24.0 Å². The van der Waals surface area contributed by atoms with Gasteiger partial charge in [-0.05, 0) is 50.9 Å². The number of aromatic nitrogens is 1. The largest absolute Gasteiger partial charge is 0.481 e. The van der Waals surface area contributed by atoms with Crippen LogP contribution in [-0.2, 0) is 6.54 Å². The highest BCUT2D eigenvalue weighted by atomic mass is 127. The lowest BCUT2D eigenvalue weighted by atomic mass is 9.99. The van der Waals surface area contributed by atoms with E-state index in [1.165, 1.54) is 25.9 Å². The fraction of sp³-hybridized carbons (Fsp3) is 0.667. The lowest BCUT2D eigenvalue weighted by molar-refractivity contribution is 0.191. The Kier molecular flexibility index (Phi) is 10.8. The van der Waals surface area contributed by atoms with E-state index in [0.29, 0.717) is 12.4 Å². The van der Waals surface area contributed by atoms with Crippen molar-refractivity contribution in [3.05, 3.63) is 23.9 Å². The molecule has 0 amide bonds. The van der Waals surface area contributed by atoms with Crippen LogP contribution in [-0.4, -0.2) is 56.2 Å². The first kappa shape index (κ1) is 22.0. The molecule has 1 aromatic rings. The van der Waals surface area contributed by atoms with E-state index in [9.17, 15) is 0 Å². The van der Waals surface area contributed by atoms with Gasteiger partial charge in [0.15, 0.2) is 5.96 Å². The standard InChI is InChI=1S/C18H31N5O.HI/c1-15-7-12-23(13-8-15)11-5-10-21-18(19-2)22-14-16-6-4-9-20-17(16)24-3;/h4,6,9,15H,5,7-8,10-14H2,1-3H3,(H2,19,21,22);1H. The van der Waals surface area contributed by atoms with Crippen LogP contribution in [0.3, 0.4) is 0 Å². The van der Waals surface area contributed by atoms with Crippen LogP contribution in [0.4, 0.5) is 0 Å². The van der Waals surface area contributed by atoms with Crippen molar-refractivity contribution in [2.45, 2.75) is 32.7 Å². The Morgan fingerprint density at radius 2 is 2.12 bits per heavy atom. The van der Waals surface area contributed by atoms with Gasteiger partial charge in [0.25, 0.3) is 0 Å². The molecule has 2 N–H and O–H groups in total. The molecule has 25 heavy (non-hydrogen) atoms. The third-order valence-electron chi connectivity index (χ3n) is 4.53. The number of pyridine rings is 1. The van der Waals surface area contributed by atoms with E-state index in [-0.39, 0.29) is 24.0 Å². The number of halogens is 1. The van der Waals surface area contributed by atoms with Gasteiger partial charge in [0.05, 0.1) is 7.11 Å². The van der Waals surface area contributed by atoms with Gasteiger partial charge in [-0.1, -0.05) is 13.0 Å². The molecule has 1 aromatic heterocycles. The summed E-state index contributed by atoms with van der Waals surface area (Å²) in [5, 5.41) is 6.69. The second-order valence-corrected chi connectivity index (χ2v) is 6.40. The Balaban J connectivity index is 0.00000312. The normalized spacial score (nSPS) is 16.2. The van der Waals surface area contributed by atoms with E-state index in [0.717, 1.165) is 37.0 Å². The molecule has 6 nitrogen and oxygen atoms in total. The van der Waals surface area contributed by atoms with E-state index in [1.54, 1.807) is 20.4 Å². The smallest absolute Gasteiger partial charge is 0.218 e. The maximum absolute atomic E-state index is 5.27. The van der Waals surface area contributed by atoms with Gasteiger partial charge >= 0.3 is 0 Å². The van der Waals surface area contributed by atoms with Crippen molar-refractivity contribution < 1.29 is 4.74 Å². The SMILES string of the molecule is CN=C(NCCCN1CCC(C)CC1)NCc1cccnc1OC.I. The molecule has 2 rings (SSSR count). The number of guanidine groups is 1. The van der Waals surface area contributed by atoms with E-state index in [1.807, 2.05) is 12.1 Å². The monoisotopic (exact) mass is 461 g/mol. The van der Waals surface area contributed by atoms with Gasteiger partial charge in [-0.2, -0.15) is 0 Å². The fourth-order valence-corrected chi connectivity index (χ4v) is 2.94. The van der Waals surface area contributed by atoms with E-state index < -0.39 is 0 Å². The topological polar surface area (TPSA) is 61.8 Å². The second kappa shape index (κ2) is 12.3. The summed E-state index contributed by atoms with van der Waals surface area (Å²) in [6, 6.07) is 3.92. The summed E-state index contributed by atoms with van der Waals surface area (Å²) in [5.74, 6) is 2.36. The molecule has 0 bridgehead atoms. The number of hydrogen-bond donors (Lipinski definition) is 2. The lowest BCUT2D eigenvalue weighted by Crippen LogP contribution is -2.39. The maximum atomic E-state index is 5.27. The average molecular weight is 461 g/mol. The summed E-state index contributed by atoms with van der Waals surface area (Å²) in [7, 11) is 3.43. The van der Waals surface area contributed by atoms with Crippen molar-refractivity contribution in [2.24, 2.45) is 10.9 Å². The van der Waals surface area contributed by atoms with Gasteiger partial charge in [-0.25, -0.2) is 4.98 Å². The van der Waals surface area contributed by atoms with Gasteiger partial charge in [-0.3, -0.25) is 4.99 Å². The van der Waals surface area contributed by atoms with Crippen LogP contribution in [0.25, 0.3) is 0 Å². The number of ether oxygens (including phenoxy) is 1. The molecule has 0 aliphatic carbocycles. The molecule has 0 atom stereocenters. The third-order valence-corrected chi connectivity index (χ3v) is 4.53. The highest BCUT2D eigenvalue weighted by molar-refractivity contribution is 14.0. The molecule has 0 saturated carbocycles. The van der Waals surface area contributed by atoms with E-state index >= 15 is 0 Å². The Hall–Kier alpha value is -1.09. The zero-order valence-corrected chi connectivity index (χ0v) is 18.0. The van der Waals surface area contributed by atoms with Crippen LogP contribution in [0, 0.1) is 5.92 Å². The van der Waals surface area contributed by atoms with Crippen molar-refractivity contribution >= 4 is 29.9 Å². The summed E-state index contributed by atoms with van der Waals surface area (Å²) in [4.78, 5) is 11.0. The van der Waals surface area contributed by atoms with Gasteiger partial charge in [0.1, 0.15) is 0 Å². The van der Waals surface area contributed by atoms with Crippen molar-refractivity contribution in [1.29, 1.82) is 0 Å². The first-order chi connectivity index (χ1) is 11.7. The van der Waals surface area contributed by atoms with Crippen molar-refractivity contribution in [3.8, 4) is 5.88 Å². The molecule has 1 aliphatic rings. The number of aliphatic imine (C=N–C) groups is 1. The van der Waals surface area contributed by atoms with Crippen LogP contribution in [0.5, 0.6) is 5.88 Å². The highest BCUT2D eigenvalue weighted by Gasteiger charge is 2.14. The van der Waals surface area contributed by atoms with E-state index in [4.69, 9.17) is 4.74 Å². The number of piperidine rings is 1. The molecule has 142 valence electrons. The van der Waals surface area contributed by atoms with Crippen LogP contribution < -0.4 is 15.4 Å². The van der Waals surface area contributed by atoms with Crippen LogP contribution in [0.1, 0.15) is 31.7 Å². The summed E-state index contributed by atoms with van der Waals surface area (Å²) in [6.45, 7) is 7.57. The summed E-state index contributed by atoms with van der Waals surface area (Å²) >= 11 is 0. The van der Waals surface area contributed by atoms with Gasteiger partial charge in [-0.15, -0.1) is 24.0 Å². The Labute approximate surface area is 168 Å². The van der Waals surface area contributed by atoms with Crippen LogP contribution in [0.15, 0.2) is 23.3 Å². The number of hydrogen-bond acceptors (Lipinski definition) is 4. The minimum absolute atomic E-state index is 0. The lowest BCUT2D eigenvalue weighted by Gasteiger charge is -2.30. The molecule has 0 aromatic carbocycles. The van der Waals surface area contributed by atoms with Crippen molar-refractivity contribution in [3.63, 3.8) is 0 Å². The third kappa shape index (κ3) is 7.77. The molecular formula is C18H32IN5O. The minimum atomic E-state index is 0. The van der Waals surface area contributed by atoms with Crippen molar-refractivity contribution in [1.82, 2.24) is 20.5 Å². The molecule has 1 aliphatic heterocycles. The van der Waals surface area contributed by atoms with Gasteiger partial charge < -0.3 is 20.3 Å². The molecule has 7 heteroatoms. The first-order valence-corrected chi connectivity index (χ1v) is 8.87. The summed E-state index contributed by atoms with van der Waals surface area (Å²) in [6.07, 6.45) is 5.54. The summed E-state index contributed by atoms with van der Waals surface area (Å²) < 4.78 is 5.27. The molecule has 0 radical (unpaired) electrons. The number of likely N-dealkylation sites (tertiary alicyclic amines) is 1. The van der Waals surface area contributed by atoms with Gasteiger partial charge in [0.2, 0.25) is 5.88 Å². The molecular weight excluding hydrogens is 429 g/mol. The Morgan fingerprint density at radius 3 is 2.80 bits per heavy atom. The van der Waals surface area contributed by atoms with Gasteiger partial charge in [0, 0.05) is 31.9 Å². The predicted octanol–water partition coefficient (Wildman–Crippen LogP) is 2.50. The van der Waals surface area contributed by atoms with Crippen molar-refractivity contribution in [2.75, 3.05) is 40.3 Å². The number of nitrogens with one attached hydrogen (secondary N) is 2. The maximum Gasteiger partial charge on any atom is 0.218 e. The molecule has 2 heterocycles. The molecule has 1 saturated heterocycles. The second-order valence-electron chi connectivity index (χ2n) is 6.40. The highest BCUT2D eigenvalue weighted by Crippen LogP contribution is 2.15. The number of rotatable bonds is 7. The molecule has 0 unspecified atom stereocenters. The number of methoxy groups -OCH3 is 1. The Bertz CT molecular complexity index is 518. The zero-order valence-electron chi connectivity index (χ0n) is 15.6. The fourth-order valence-electron chi connectivity index (χ4n) is 2.94. The zero-order chi connectivity index (χ0) is 17.2. The summed E-state index contributed by atoms with van der Waals surface area (Å²) in [5.41, 5.74) is 1.02. The minimum Gasteiger partial charge on any atom is -0.481 e. The first-order valence-electron chi connectivity index (χ1n) is 8.87. The number of nitrogens with zero attached hydrogens (tertiary/aromatic N) is 3.